The minimum atomic E-state index is -3.40. The van der Waals surface area contributed by atoms with E-state index in [1.165, 1.54) is 11.4 Å². The van der Waals surface area contributed by atoms with Gasteiger partial charge >= 0.3 is 5.97 Å². The van der Waals surface area contributed by atoms with Gasteiger partial charge in [-0.25, -0.2) is 8.42 Å². The van der Waals surface area contributed by atoms with Crippen LogP contribution in [-0.4, -0.2) is 33.8 Å². The van der Waals surface area contributed by atoms with Crippen LogP contribution in [0.5, 0.6) is 0 Å². The molecule has 1 aromatic carbocycles. The zero-order valence-electron chi connectivity index (χ0n) is 12.2. The topological polar surface area (TPSA) is 63.7 Å². The molecule has 0 N–H and O–H groups in total. The van der Waals surface area contributed by atoms with Crippen LogP contribution in [0.15, 0.2) is 24.3 Å². The quantitative estimate of drug-likeness (QED) is 0.781. The van der Waals surface area contributed by atoms with Crippen molar-refractivity contribution in [1.82, 2.24) is 0 Å². The number of benzene rings is 1. The first kappa shape index (κ1) is 15.8. The molecule has 0 spiro atoms. The lowest BCUT2D eigenvalue weighted by molar-refractivity contribution is -0.140. The molecule has 0 radical (unpaired) electrons. The molecule has 116 valence electrons. The van der Waals surface area contributed by atoms with Crippen LogP contribution in [0.3, 0.4) is 0 Å². The van der Waals surface area contributed by atoms with Gasteiger partial charge in [0.1, 0.15) is 0 Å². The molecule has 0 bridgehead atoms. The van der Waals surface area contributed by atoms with Crippen LogP contribution in [0.25, 0.3) is 0 Å². The van der Waals surface area contributed by atoms with Gasteiger partial charge in [0.25, 0.3) is 0 Å². The van der Waals surface area contributed by atoms with Crippen molar-refractivity contribution in [1.29, 1.82) is 0 Å². The van der Waals surface area contributed by atoms with Crippen LogP contribution < -0.4 is 4.31 Å². The molecule has 1 aliphatic rings. The van der Waals surface area contributed by atoms with Crippen molar-refractivity contribution in [2.45, 2.75) is 32.1 Å². The van der Waals surface area contributed by atoms with Crippen molar-refractivity contribution >= 4 is 21.7 Å². The highest BCUT2D eigenvalue weighted by Gasteiger charge is 2.25. The van der Waals surface area contributed by atoms with Crippen LogP contribution >= 0.6 is 0 Å². The largest absolute Gasteiger partial charge is 0.469 e. The minimum absolute atomic E-state index is 0.0313. The first-order valence-corrected chi connectivity index (χ1v) is 8.80. The molecule has 0 saturated heterocycles. The third kappa shape index (κ3) is 3.97. The average Bonchev–Trinajstić information content (AvgIpc) is 2.69. The number of hydrogen-bond donors (Lipinski definition) is 0. The zero-order valence-corrected chi connectivity index (χ0v) is 13.1. The maximum atomic E-state index is 12.5. The van der Waals surface area contributed by atoms with Crippen LogP contribution in [-0.2, 0) is 26.0 Å². The molecule has 0 amide bonds. The summed E-state index contributed by atoms with van der Waals surface area (Å²) in [4.78, 5) is 11.1. The number of hydrogen-bond acceptors (Lipinski definition) is 4. The summed E-state index contributed by atoms with van der Waals surface area (Å²) in [6, 6.07) is 7.64. The van der Waals surface area contributed by atoms with E-state index in [4.69, 9.17) is 0 Å². The summed E-state index contributed by atoms with van der Waals surface area (Å²) in [5.41, 5.74) is 1.86. The summed E-state index contributed by atoms with van der Waals surface area (Å²) < 4.78 is 31.1. The molecule has 5 nitrogen and oxygen atoms in total. The molecule has 0 fully saturated rings. The molecule has 1 aliphatic heterocycles. The van der Waals surface area contributed by atoms with E-state index in [-0.39, 0.29) is 24.6 Å². The molecular weight excluding hydrogens is 290 g/mol. The molecule has 6 heteroatoms. The summed E-state index contributed by atoms with van der Waals surface area (Å²) in [5, 5.41) is 0. The normalized spacial score (nSPS) is 15.2. The van der Waals surface area contributed by atoms with E-state index >= 15 is 0 Å². The van der Waals surface area contributed by atoms with Crippen LogP contribution in [0.1, 0.15) is 31.2 Å². The lowest BCUT2D eigenvalue weighted by Crippen LogP contribution is -2.34. The molecule has 0 saturated carbocycles. The van der Waals surface area contributed by atoms with Gasteiger partial charge in [0.2, 0.25) is 10.0 Å². The van der Waals surface area contributed by atoms with Gasteiger partial charge in [-0.15, -0.1) is 0 Å². The van der Waals surface area contributed by atoms with E-state index in [1.54, 1.807) is 0 Å². The molecule has 0 atom stereocenters. The highest BCUT2D eigenvalue weighted by atomic mass is 32.2. The lowest BCUT2D eigenvalue weighted by Gasteiger charge is -2.24. The summed E-state index contributed by atoms with van der Waals surface area (Å²) in [7, 11) is -2.09. The number of aryl methyl sites for hydroxylation is 1. The van der Waals surface area contributed by atoms with E-state index in [9.17, 15) is 13.2 Å². The lowest BCUT2D eigenvalue weighted by atomic mass is 10.1. The Morgan fingerprint density at radius 1 is 1.29 bits per heavy atom. The summed E-state index contributed by atoms with van der Waals surface area (Å²) in [5.74, 6) is -0.405. The number of fused-ring (bicyclic) bond motifs is 1. The summed E-state index contributed by atoms with van der Waals surface area (Å²) in [6.07, 6.45) is 3.17. The molecule has 0 aliphatic carbocycles. The number of ether oxygens (including phenoxy) is 1. The molecular formula is C15H21NO4S. The number of anilines is 1. The summed E-state index contributed by atoms with van der Waals surface area (Å²) >= 11 is 0. The number of esters is 1. The van der Waals surface area contributed by atoms with Crippen molar-refractivity contribution in [3.8, 4) is 0 Å². The average molecular weight is 311 g/mol. The van der Waals surface area contributed by atoms with Gasteiger partial charge < -0.3 is 4.74 Å². The van der Waals surface area contributed by atoms with Crippen molar-refractivity contribution in [3.05, 3.63) is 29.8 Å². The van der Waals surface area contributed by atoms with Gasteiger partial charge in [0, 0.05) is 13.0 Å². The zero-order chi connectivity index (χ0) is 15.3. The predicted molar refractivity (Wildman–Crippen MR) is 81.8 cm³/mol. The molecule has 0 unspecified atom stereocenters. The Morgan fingerprint density at radius 2 is 2.05 bits per heavy atom. The first-order chi connectivity index (χ1) is 10.0. The standard InChI is InChI=1S/C15H21NO4S/c1-20-15(17)10-6-12-21(18,19)16-11-5-4-8-13-7-2-3-9-14(13)16/h2-3,7,9H,4-6,8,10-12H2,1H3. The Labute approximate surface area is 126 Å². The number of sulfonamides is 1. The number of rotatable bonds is 5. The minimum Gasteiger partial charge on any atom is -0.469 e. The molecule has 1 heterocycles. The maximum absolute atomic E-state index is 12.5. The Balaban J connectivity index is 2.14. The van der Waals surface area contributed by atoms with Gasteiger partial charge in [-0.2, -0.15) is 0 Å². The smallest absolute Gasteiger partial charge is 0.305 e. The van der Waals surface area contributed by atoms with E-state index in [1.807, 2.05) is 24.3 Å². The van der Waals surface area contributed by atoms with E-state index in [0.29, 0.717) is 6.54 Å². The van der Waals surface area contributed by atoms with Gasteiger partial charge in [0.15, 0.2) is 0 Å². The number of para-hydroxylation sites is 1. The van der Waals surface area contributed by atoms with Gasteiger partial charge in [-0.1, -0.05) is 18.2 Å². The number of nitrogens with zero attached hydrogens (tertiary/aromatic N) is 1. The fraction of sp³-hybridized carbons (Fsp3) is 0.533. The van der Waals surface area contributed by atoms with Crippen molar-refractivity contribution < 1.29 is 17.9 Å². The molecule has 0 aromatic heterocycles. The second-order valence-corrected chi connectivity index (χ2v) is 7.17. The van der Waals surface area contributed by atoms with Crippen molar-refractivity contribution in [2.75, 3.05) is 23.7 Å². The monoisotopic (exact) mass is 311 g/mol. The molecule has 1 aromatic rings. The second-order valence-electron chi connectivity index (χ2n) is 5.15. The summed E-state index contributed by atoms with van der Waals surface area (Å²) in [6.45, 7) is 0.511. The second kappa shape index (κ2) is 6.93. The van der Waals surface area contributed by atoms with Crippen molar-refractivity contribution in [2.24, 2.45) is 0 Å². The highest BCUT2D eigenvalue weighted by Crippen LogP contribution is 2.28. The van der Waals surface area contributed by atoms with Gasteiger partial charge in [-0.3, -0.25) is 9.10 Å². The predicted octanol–water partition coefficient (Wildman–Crippen LogP) is 2.11. The van der Waals surface area contributed by atoms with Crippen LogP contribution in [0.4, 0.5) is 5.69 Å². The maximum Gasteiger partial charge on any atom is 0.305 e. The SMILES string of the molecule is COC(=O)CCCS(=O)(=O)N1CCCCc2ccccc21. The van der Waals surface area contributed by atoms with Crippen LogP contribution in [0, 0.1) is 0 Å². The Morgan fingerprint density at radius 3 is 2.81 bits per heavy atom. The fourth-order valence-corrected chi connectivity index (χ4v) is 4.17. The fourth-order valence-electron chi connectivity index (χ4n) is 2.56. The Kier molecular flexibility index (Phi) is 5.22. The Hall–Kier alpha value is -1.56. The van der Waals surface area contributed by atoms with E-state index in [0.717, 1.165) is 30.5 Å². The highest BCUT2D eigenvalue weighted by molar-refractivity contribution is 7.92. The first-order valence-electron chi connectivity index (χ1n) is 7.20. The third-order valence-corrected chi connectivity index (χ3v) is 5.52. The number of carbonyl (C=O) groups is 1. The third-order valence-electron chi connectivity index (χ3n) is 3.66. The van der Waals surface area contributed by atoms with E-state index in [2.05, 4.69) is 4.74 Å². The van der Waals surface area contributed by atoms with Crippen LogP contribution in [0.2, 0.25) is 0 Å². The van der Waals surface area contributed by atoms with Gasteiger partial charge in [-0.05, 0) is 37.3 Å². The molecule has 2 rings (SSSR count). The van der Waals surface area contributed by atoms with Crippen molar-refractivity contribution in [3.63, 3.8) is 0 Å². The number of carbonyl (C=O) groups excluding carboxylic acids is 1. The van der Waals surface area contributed by atoms with Gasteiger partial charge in [0.05, 0.1) is 18.6 Å². The molecule has 21 heavy (non-hydrogen) atoms. The number of methoxy groups -OCH3 is 1. The van der Waals surface area contributed by atoms with E-state index < -0.39 is 10.0 Å². The Bertz CT molecular complexity index is 597.